The largest absolute Gasteiger partial charge is 0.493 e. The monoisotopic (exact) mass is 398 g/mol. The molecule has 5 nitrogen and oxygen atoms in total. The Kier molecular flexibility index (Phi) is 5.42. The number of nitrogens with zero attached hydrogens (tertiary/aromatic N) is 1. The summed E-state index contributed by atoms with van der Waals surface area (Å²) >= 11 is 1.68. The number of hydrogen-bond donors (Lipinski definition) is 1. The molecule has 0 aliphatic carbocycles. The van der Waals surface area contributed by atoms with Crippen LogP contribution in [0.4, 0.5) is 0 Å². The Hall–Kier alpha value is -2.31. The Labute approximate surface area is 169 Å². The SMILES string of the molecule is COc1ccc(-c2cc(O[C@H](C)[C@@H]3CCNC3)c3sc(C)nc3c2)cc1OC. The molecule has 148 valence electrons. The molecule has 2 atom stereocenters. The zero-order valence-electron chi connectivity index (χ0n) is 16.7. The summed E-state index contributed by atoms with van der Waals surface area (Å²) in [4.78, 5) is 4.71. The van der Waals surface area contributed by atoms with Crippen LogP contribution in [0.5, 0.6) is 17.2 Å². The number of ether oxygens (including phenoxy) is 3. The van der Waals surface area contributed by atoms with E-state index in [0.717, 1.165) is 57.4 Å². The van der Waals surface area contributed by atoms with Crippen LogP contribution < -0.4 is 19.5 Å². The molecule has 0 unspecified atom stereocenters. The van der Waals surface area contributed by atoms with Gasteiger partial charge in [0.1, 0.15) is 11.9 Å². The fraction of sp³-hybridized carbons (Fsp3) is 0.409. The predicted molar refractivity (Wildman–Crippen MR) is 114 cm³/mol. The van der Waals surface area contributed by atoms with Crippen LogP contribution in [0.15, 0.2) is 30.3 Å². The second-order valence-electron chi connectivity index (χ2n) is 7.20. The van der Waals surface area contributed by atoms with Crippen LogP contribution in [0.25, 0.3) is 21.3 Å². The molecule has 0 amide bonds. The van der Waals surface area contributed by atoms with Crippen LogP contribution in [0.2, 0.25) is 0 Å². The highest BCUT2D eigenvalue weighted by atomic mass is 32.1. The van der Waals surface area contributed by atoms with Crippen molar-refractivity contribution < 1.29 is 14.2 Å². The Balaban J connectivity index is 1.75. The lowest BCUT2D eigenvalue weighted by atomic mass is 10.0. The van der Waals surface area contributed by atoms with E-state index < -0.39 is 0 Å². The topological polar surface area (TPSA) is 52.6 Å². The van der Waals surface area contributed by atoms with E-state index in [9.17, 15) is 0 Å². The van der Waals surface area contributed by atoms with Crippen molar-refractivity contribution >= 4 is 21.6 Å². The van der Waals surface area contributed by atoms with Gasteiger partial charge in [-0.3, -0.25) is 0 Å². The van der Waals surface area contributed by atoms with Crippen molar-refractivity contribution in [2.24, 2.45) is 5.92 Å². The third kappa shape index (κ3) is 3.66. The van der Waals surface area contributed by atoms with Crippen molar-refractivity contribution in [1.29, 1.82) is 0 Å². The Morgan fingerprint density at radius 3 is 2.57 bits per heavy atom. The summed E-state index contributed by atoms with van der Waals surface area (Å²) in [5.74, 6) is 2.87. The Bertz CT molecular complexity index is 979. The van der Waals surface area contributed by atoms with E-state index in [1.54, 1.807) is 25.6 Å². The first-order valence-electron chi connectivity index (χ1n) is 9.60. The molecular weight excluding hydrogens is 372 g/mol. The molecule has 0 spiro atoms. The van der Waals surface area contributed by atoms with Gasteiger partial charge in [-0.2, -0.15) is 0 Å². The van der Waals surface area contributed by atoms with Gasteiger partial charge < -0.3 is 19.5 Å². The number of benzene rings is 2. The van der Waals surface area contributed by atoms with Gasteiger partial charge in [0.25, 0.3) is 0 Å². The summed E-state index contributed by atoms with van der Waals surface area (Å²) in [5.41, 5.74) is 3.08. The molecule has 28 heavy (non-hydrogen) atoms. The average molecular weight is 399 g/mol. The smallest absolute Gasteiger partial charge is 0.161 e. The molecule has 2 aromatic carbocycles. The summed E-state index contributed by atoms with van der Waals surface area (Å²) in [5, 5.41) is 4.47. The Morgan fingerprint density at radius 1 is 1.07 bits per heavy atom. The lowest BCUT2D eigenvalue weighted by Crippen LogP contribution is -2.25. The standard InChI is InChI=1S/C22H26N2O3S/c1-13(16-7-8-23-12-16)27-21-11-17(9-18-22(21)28-14(2)24-18)15-5-6-19(25-3)20(10-15)26-4/h5-6,9-11,13,16,23H,7-8,12H2,1-4H3/t13-,16-/m1/s1. The maximum atomic E-state index is 6.46. The summed E-state index contributed by atoms with van der Waals surface area (Å²) in [7, 11) is 3.30. The summed E-state index contributed by atoms with van der Waals surface area (Å²) < 4.78 is 18.4. The number of aromatic nitrogens is 1. The molecule has 4 rings (SSSR count). The Morgan fingerprint density at radius 2 is 1.86 bits per heavy atom. The van der Waals surface area contributed by atoms with Gasteiger partial charge in [0.05, 0.1) is 29.4 Å². The molecule has 1 fully saturated rings. The molecule has 1 aliphatic heterocycles. The van der Waals surface area contributed by atoms with Gasteiger partial charge in [0.2, 0.25) is 0 Å². The van der Waals surface area contributed by atoms with E-state index in [1.165, 1.54) is 0 Å². The third-order valence-electron chi connectivity index (χ3n) is 5.35. The molecule has 1 aromatic heterocycles. The molecule has 0 radical (unpaired) electrons. The average Bonchev–Trinajstić information content (AvgIpc) is 3.36. The van der Waals surface area contributed by atoms with Crippen molar-refractivity contribution in [2.75, 3.05) is 27.3 Å². The number of aryl methyl sites for hydroxylation is 1. The minimum absolute atomic E-state index is 0.154. The van der Waals surface area contributed by atoms with Crippen LogP contribution in [0, 0.1) is 12.8 Å². The molecule has 1 aliphatic rings. The highest BCUT2D eigenvalue weighted by Crippen LogP contribution is 2.39. The molecule has 1 N–H and O–H groups in total. The van der Waals surface area contributed by atoms with E-state index in [0.29, 0.717) is 11.7 Å². The zero-order valence-corrected chi connectivity index (χ0v) is 17.6. The first-order valence-corrected chi connectivity index (χ1v) is 10.4. The maximum absolute atomic E-state index is 6.46. The van der Waals surface area contributed by atoms with Crippen molar-refractivity contribution in [3.05, 3.63) is 35.3 Å². The fourth-order valence-electron chi connectivity index (χ4n) is 3.76. The number of thiazole rings is 1. The number of nitrogens with one attached hydrogen (secondary N) is 1. The number of rotatable bonds is 6. The number of fused-ring (bicyclic) bond motifs is 1. The highest BCUT2D eigenvalue weighted by Gasteiger charge is 2.24. The van der Waals surface area contributed by atoms with Gasteiger partial charge >= 0.3 is 0 Å². The van der Waals surface area contributed by atoms with Crippen molar-refractivity contribution in [2.45, 2.75) is 26.4 Å². The number of hydrogen-bond acceptors (Lipinski definition) is 6. The van der Waals surface area contributed by atoms with Crippen LogP contribution in [-0.2, 0) is 0 Å². The molecule has 0 bridgehead atoms. The van der Waals surface area contributed by atoms with E-state index in [1.807, 2.05) is 25.1 Å². The van der Waals surface area contributed by atoms with Gasteiger partial charge in [0, 0.05) is 12.5 Å². The first kappa shape index (κ1) is 19.0. The number of methoxy groups -OCH3 is 2. The lowest BCUT2D eigenvalue weighted by Gasteiger charge is -2.21. The van der Waals surface area contributed by atoms with E-state index in [2.05, 4.69) is 24.4 Å². The molecule has 2 heterocycles. The van der Waals surface area contributed by atoms with Crippen LogP contribution in [0.3, 0.4) is 0 Å². The van der Waals surface area contributed by atoms with E-state index >= 15 is 0 Å². The minimum atomic E-state index is 0.154. The second kappa shape index (κ2) is 7.97. The molecule has 0 saturated carbocycles. The minimum Gasteiger partial charge on any atom is -0.493 e. The second-order valence-corrected chi connectivity index (χ2v) is 8.40. The highest BCUT2D eigenvalue weighted by molar-refractivity contribution is 7.18. The first-order chi connectivity index (χ1) is 13.6. The normalized spacial score (nSPS) is 17.6. The maximum Gasteiger partial charge on any atom is 0.161 e. The van der Waals surface area contributed by atoms with Crippen LogP contribution >= 0.6 is 11.3 Å². The quantitative estimate of drug-likeness (QED) is 0.654. The predicted octanol–water partition coefficient (Wildman–Crippen LogP) is 4.67. The van der Waals surface area contributed by atoms with E-state index in [-0.39, 0.29) is 6.10 Å². The van der Waals surface area contributed by atoms with Crippen molar-refractivity contribution in [3.63, 3.8) is 0 Å². The fourth-order valence-corrected chi connectivity index (χ4v) is 4.61. The molecular formula is C22H26N2O3S. The van der Waals surface area contributed by atoms with Gasteiger partial charge in [-0.15, -0.1) is 11.3 Å². The summed E-state index contributed by atoms with van der Waals surface area (Å²) in [6.07, 6.45) is 1.31. The summed E-state index contributed by atoms with van der Waals surface area (Å²) in [6, 6.07) is 10.2. The zero-order chi connectivity index (χ0) is 19.7. The van der Waals surface area contributed by atoms with Crippen LogP contribution in [-0.4, -0.2) is 38.4 Å². The van der Waals surface area contributed by atoms with Crippen LogP contribution in [0.1, 0.15) is 18.4 Å². The van der Waals surface area contributed by atoms with Gasteiger partial charge in [0.15, 0.2) is 11.5 Å². The molecule has 1 saturated heterocycles. The van der Waals surface area contributed by atoms with Crippen molar-refractivity contribution in [3.8, 4) is 28.4 Å². The van der Waals surface area contributed by atoms with E-state index in [4.69, 9.17) is 19.2 Å². The third-order valence-corrected chi connectivity index (χ3v) is 6.36. The molecule has 6 heteroatoms. The van der Waals surface area contributed by atoms with Gasteiger partial charge in [-0.05, 0) is 62.2 Å². The lowest BCUT2D eigenvalue weighted by molar-refractivity contribution is 0.163. The molecule has 3 aromatic rings. The van der Waals surface area contributed by atoms with Gasteiger partial charge in [-0.1, -0.05) is 6.07 Å². The van der Waals surface area contributed by atoms with Crippen molar-refractivity contribution in [1.82, 2.24) is 10.3 Å². The summed E-state index contributed by atoms with van der Waals surface area (Å²) in [6.45, 7) is 6.29. The van der Waals surface area contributed by atoms with Gasteiger partial charge in [-0.25, -0.2) is 4.98 Å².